The molecule has 126 valence electrons. The number of nitrogens with zero attached hydrogens (tertiary/aromatic N) is 2. The highest BCUT2D eigenvalue weighted by atomic mass is 16.2. The number of piperidine rings is 1. The van der Waals surface area contributed by atoms with Crippen LogP contribution in [-0.2, 0) is 4.79 Å². The van der Waals surface area contributed by atoms with E-state index in [-0.39, 0.29) is 17.9 Å². The van der Waals surface area contributed by atoms with E-state index in [1.54, 1.807) is 4.90 Å². The molecule has 2 atom stereocenters. The molecule has 0 aliphatic carbocycles. The summed E-state index contributed by atoms with van der Waals surface area (Å²) in [5.74, 6) is 0.575. The summed E-state index contributed by atoms with van der Waals surface area (Å²) in [5, 5.41) is 6.24. The number of nitrogens with one attached hydrogen (secondary N) is 2. The first-order chi connectivity index (χ1) is 10.5. The predicted molar refractivity (Wildman–Crippen MR) is 86.6 cm³/mol. The monoisotopic (exact) mass is 310 g/mol. The van der Waals surface area contributed by atoms with Crippen molar-refractivity contribution < 1.29 is 9.59 Å². The maximum absolute atomic E-state index is 12.7. The van der Waals surface area contributed by atoms with Crippen molar-refractivity contribution in [2.75, 3.05) is 39.8 Å². The van der Waals surface area contributed by atoms with Gasteiger partial charge < -0.3 is 20.4 Å². The molecule has 2 fully saturated rings. The maximum Gasteiger partial charge on any atom is 0.317 e. The van der Waals surface area contributed by atoms with Crippen LogP contribution in [0.3, 0.4) is 0 Å². The number of hydrogen-bond donors (Lipinski definition) is 2. The van der Waals surface area contributed by atoms with E-state index >= 15 is 0 Å². The van der Waals surface area contributed by atoms with Crippen molar-refractivity contribution in [1.29, 1.82) is 0 Å². The molecule has 0 saturated carbocycles. The standard InChI is InChI=1S/C16H30N4O2/c1-12(2)9-18-16(22)20-8-4-5-13(11-20)15(21)19(3)14-6-7-17-10-14/h12-14,17H,4-11H2,1-3H3,(H,18,22). The van der Waals surface area contributed by atoms with Gasteiger partial charge in [-0.3, -0.25) is 4.79 Å². The van der Waals surface area contributed by atoms with Gasteiger partial charge in [-0.25, -0.2) is 4.79 Å². The van der Waals surface area contributed by atoms with E-state index in [2.05, 4.69) is 24.5 Å². The van der Waals surface area contributed by atoms with Gasteiger partial charge in [0, 0.05) is 39.3 Å². The maximum atomic E-state index is 12.7. The van der Waals surface area contributed by atoms with E-state index < -0.39 is 0 Å². The van der Waals surface area contributed by atoms with E-state index in [1.807, 2.05) is 11.9 Å². The molecule has 22 heavy (non-hydrogen) atoms. The minimum atomic E-state index is -0.0517. The first-order valence-corrected chi connectivity index (χ1v) is 8.49. The second kappa shape index (κ2) is 7.81. The number of likely N-dealkylation sites (tertiary alicyclic amines) is 1. The number of carbonyl (C=O) groups excluding carboxylic acids is 2. The van der Waals surface area contributed by atoms with Gasteiger partial charge in [0.25, 0.3) is 0 Å². The number of rotatable bonds is 4. The third kappa shape index (κ3) is 4.35. The van der Waals surface area contributed by atoms with Gasteiger partial charge in [-0.1, -0.05) is 13.8 Å². The zero-order chi connectivity index (χ0) is 16.1. The van der Waals surface area contributed by atoms with Crippen molar-refractivity contribution in [3.05, 3.63) is 0 Å². The second-order valence-corrected chi connectivity index (χ2v) is 6.96. The van der Waals surface area contributed by atoms with Gasteiger partial charge in [0.05, 0.1) is 5.92 Å². The molecule has 0 spiro atoms. The smallest absolute Gasteiger partial charge is 0.317 e. The van der Waals surface area contributed by atoms with E-state index in [4.69, 9.17) is 0 Å². The van der Waals surface area contributed by atoms with E-state index in [0.29, 0.717) is 25.0 Å². The molecule has 6 nitrogen and oxygen atoms in total. The summed E-state index contributed by atoms with van der Waals surface area (Å²) in [5.41, 5.74) is 0. The Morgan fingerprint density at radius 3 is 2.77 bits per heavy atom. The van der Waals surface area contributed by atoms with Crippen LogP contribution in [0.25, 0.3) is 0 Å². The number of carbonyl (C=O) groups is 2. The SMILES string of the molecule is CC(C)CNC(=O)N1CCCC(C(=O)N(C)C2CCNC2)C1. The number of amides is 3. The fraction of sp³-hybridized carbons (Fsp3) is 0.875. The molecule has 2 N–H and O–H groups in total. The number of hydrogen-bond acceptors (Lipinski definition) is 3. The highest BCUT2D eigenvalue weighted by Crippen LogP contribution is 2.20. The number of likely N-dealkylation sites (N-methyl/N-ethyl adjacent to an activating group) is 1. The molecule has 2 rings (SSSR count). The summed E-state index contributed by atoms with van der Waals surface area (Å²) in [6, 6.07) is 0.272. The molecular weight excluding hydrogens is 280 g/mol. The van der Waals surface area contributed by atoms with Crippen molar-refractivity contribution in [2.45, 2.75) is 39.2 Å². The molecule has 0 radical (unpaired) electrons. The van der Waals surface area contributed by atoms with Crippen LogP contribution in [0.2, 0.25) is 0 Å². The quantitative estimate of drug-likeness (QED) is 0.810. The molecule has 2 aliphatic rings. The van der Waals surface area contributed by atoms with Gasteiger partial charge in [0.1, 0.15) is 0 Å². The van der Waals surface area contributed by atoms with Crippen LogP contribution in [0.4, 0.5) is 4.79 Å². The largest absolute Gasteiger partial charge is 0.341 e. The fourth-order valence-corrected chi connectivity index (χ4v) is 3.20. The lowest BCUT2D eigenvalue weighted by Crippen LogP contribution is -2.51. The van der Waals surface area contributed by atoms with Crippen LogP contribution in [0, 0.1) is 11.8 Å². The number of urea groups is 1. The topological polar surface area (TPSA) is 64.7 Å². The van der Waals surface area contributed by atoms with Crippen molar-refractivity contribution in [1.82, 2.24) is 20.4 Å². The van der Waals surface area contributed by atoms with Crippen LogP contribution in [0.15, 0.2) is 0 Å². The Bertz CT molecular complexity index is 394. The molecule has 0 aromatic carbocycles. The van der Waals surface area contributed by atoms with Gasteiger partial charge in [-0.15, -0.1) is 0 Å². The average Bonchev–Trinajstić information content (AvgIpc) is 3.05. The summed E-state index contributed by atoms with van der Waals surface area (Å²) >= 11 is 0. The first-order valence-electron chi connectivity index (χ1n) is 8.49. The van der Waals surface area contributed by atoms with Gasteiger partial charge in [-0.05, 0) is 31.7 Å². The van der Waals surface area contributed by atoms with Crippen molar-refractivity contribution in [3.63, 3.8) is 0 Å². The van der Waals surface area contributed by atoms with E-state index in [1.165, 1.54) is 0 Å². The molecule has 2 unspecified atom stereocenters. The summed E-state index contributed by atoms with van der Waals surface area (Å²) in [4.78, 5) is 28.5. The van der Waals surface area contributed by atoms with Crippen molar-refractivity contribution in [3.8, 4) is 0 Å². The molecule has 2 aliphatic heterocycles. The average molecular weight is 310 g/mol. The lowest BCUT2D eigenvalue weighted by Gasteiger charge is -2.35. The Morgan fingerprint density at radius 2 is 2.14 bits per heavy atom. The van der Waals surface area contributed by atoms with Crippen molar-refractivity contribution >= 4 is 11.9 Å². The minimum Gasteiger partial charge on any atom is -0.341 e. The van der Waals surface area contributed by atoms with Gasteiger partial charge in [0.15, 0.2) is 0 Å². The highest BCUT2D eigenvalue weighted by molar-refractivity contribution is 5.81. The first kappa shape index (κ1) is 17.1. The Hall–Kier alpha value is -1.30. The molecule has 0 aromatic heterocycles. The lowest BCUT2D eigenvalue weighted by molar-refractivity contribution is -0.137. The Labute approximate surface area is 133 Å². The van der Waals surface area contributed by atoms with Gasteiger partial charge in [0.2, 0.25) is 5.91 Å². The van der Waals surface area contributed by atoms with Crippen LogP contribution in [0.5, 0.6) is 0 Å². The van der Waals surface area contributed by atoms with Crippen LogP contribution in [-0.4, -0.2) is 67.6 Å². The molecule has 3 amide bonds. The Kier molecular flexibility index (Phi) is 6.06. The second-order valence-electron chi connectivity index (χ2n) is 6.96. The Morgan fingerprint density at radius 1 is 1.36 bits per heavy atom. The summed E-state index contributed by atoms with van der Waals surface area (Å²) in [6.45, 7) is 8.00. The summed E-state index contributed by atoms with van der Waals surface area (Å²) < 4.78 is 0. The van der Waals surface area contributed by atoms with Gasteiger partial charge in [-0.2, -0.15) is 0 Å². The lowest BCUT2D eigenvalue weighted by atomic mass is 9.96. The van der Waals surface area contributed by atoms with Gasteiger partial charge >= 0.3 is 6.03 Å². The van der Waals surface area contributed by atoms with Crippen molar-refractivity contribution in [2.24, 2.45) is 11.8 Å². The molecule has 0 aromatic rings. The molecule has 6 heteroatoms. The van der Waals surface area contributed by atoms with E-state index in [9.17, 15) is 9.59 Å². The predicted octanol–water partition coefficient (Wildman–Crippen LogP) is 0.884. The third-order valence-corrected chi connectivity index (χ3v) is 4.65. The normalized spacial score (nSPS) is 25.4. The summed E-state index contributed by atoms with van der Waals surface area (Å²) in [7, 11) is 1.90. The van der Waals surface area contributed by atoms with Crippen LogP contribution >= 0.6 is 0 Å². The third-order valence-electron chi connectivity index (χ3n) is 4.65. The molecule has 0 bridgehead atoms. The Balaban J connectivity index is 1.86. The van der Waals surface area contributed by atoms with Crippen LogP contribution in [0.1, 0.15) is 33.1 Å². The van der Waals surface area contributed by atoms with E-state index in [0.717, 1.165) is 38.9 Å². The molecule has 2 saturated heterocycles. The summed E-state index contributed by atoms with van der Waals surface area (Å²) in [6.07, 6.45) is 2.81. The molecular formula is C16H30N4O2. The zero-order valence-corrected chi connectivity index (χ0v) is 14.1. The van der Waals surface area contributed by atoms with Crippen LogP contribution < -0.4 is 10.6 Å². The fourth-order valence-electron chi connectivity index (χ4n) is 3.20. The minimum absolute atomic E-state index is 0.0311. The highest BCUT2D eigenvalue weighted by Gasteiger charge is 2.33. The molecule has 2 heterocycles. The zero-order valence-electron chi connectivity index (χ0n) is 14.1.